The molecule has 0 radical (unpaired) electrons. The van der Waals surface area contributed by atoms with E-state index >= 15 is 0 Å². The van der Waals surface area contributed by atoms with Gasteiger partial charge in [0.2, 0.25) is 0 Å². The average Bonchev–Trinajstić information content (AvgIpc) is 2.84. The van der Waals surface area contributed by atoms with Gasteiger partial charge in [-0.2, -0.15) is 0 Å². The molecule has 1 heterocycles. The number of nitrogens with one attached hydrogen (secondary N) is 1. The molecule has 1 aromatic heterocycles. The summed E-state index contributed by atoms with van der Waals surface area (Å²) in [6.45, 7) is 1.90. The number of benzene rings is 1. The highest BCUT2D eigenvalue weighted by atomic mass is 16.3. The number of pyridine rings is 1. The molecule has 0 amide bonds. The summed E-state index contributed by atoms with van der Waals surface area (Å²) in [6, 6.07) is 8.54. The van der Waals surface area contributed by atoms with E-state index in [0.29, 0.717) is 5.92 Å². The monoisotopic (exact) mass is 256 g/mol. The van der Waals surface area contributed by atoms with Gasteiger partial charge in [0.1, 0.15) is 0 Å². The molecular formula is C16H20N2O. The predicted octanol–water partition coefficient (Wildman–Crippen LogP) is 2.49. The number of aliphatic hydroxyl groups is 1. The van der Waals surface area contributed by atoms with Crippen molar-refractivity contribution in [3.8, 4) is 0 Å². The Balaban J connectivity index is 1.56. The van der Waals surface area contributed by atoms with Gasteiger partial charge in [0.15, 0.2) is 0 Å². The Morgan fingerprint density at radius 2 is 2.16 bits per heavy atom. The van der Waals surface area contributed by atoms with Gasteiger partial charge in [-0.15, -0.1) is 0 Å². The molecule has 2 N–H and O–H groups in total. The molecule has 1 saturated carbocycles. The Morgan fingerprint density at radius 1 is 1.21 bits per heavy atom. The lowest BCUT2D eigenvalue weighted by Gasteiger charge is -2.11. The number of hydrogen-bond donors (Lipinski definition) is 2. The number of nitrogens with zero attached hydrogens (tertiary/aromatic N) is 1. The number of aliphatic hydroxyl groups excluding tert-OH is 1. The van der Waals surface area contributed by atoms with Crippen LogP contribution in [0, 0.1) is 5.92 Å². The van der Waals surface area contributed by atoms with Gasteiger partial charge < -0.3 is 10.4 Å². The standard InChI is InChI=1S/C16H20N2O/c19-16-4-2-13(8-16)10-18-9-12-1-3-15-11-17-6-5-14(15)7-12/h1,3,5-7,11,13,16,18-19H,2,4,8-10H2. The van der Waals surface area contributed by atoms with Gasteiger partial charge in [0.05, 0.1) is 6.10 Å². The molecular weight excluding hydrogens is 236 g/mol. The van der Waals surface area contributed by atoms with Gasteiger partial charge in [-0.25, -0.2) is 0 Å². The fraction of sp³-hybridized carbons (Fsp3) is 0.438. The third-order valence-electron chi connectivity index (χ3n) is 3.98. The summed E-state index contributed by atoms with van der Waals surface area (Å²) in [6.07, 6.45) is 6.73. The fourth-order valence-electron chi connectivity index (χ4n) is 2.90. The molecule has 3 heteroatoms. The van der Waals surface area contributed by atoms with E-state index in [4.69, 9.17) is 0 Å². The molecule has 2 atom stereocenters. The first-order valence-corrected chi connectivity index (χ1v) is 7.03. The maximum atomic E-state index is 9.50. The summed E-state index contributed by atoms with van der Waals surface area (Å²) in [5.41, 5.74) is 1.30. The summed E-state index contributed by atoms with van der Waals surface area (Å²) in [7, 11) is 0. The van der Waals surface area contributed by atoms with Crippen molar-refractivity contribution < 1.29 is 5.11 Å². The van der Waals surface area contributed by atoms with Crippen molar-refractivity contribution >= 4 is 10.8 Å². The van der Waals surface area contributed by atoms with Gasteiger partial charge in [0, 0.05) is 24.3 Å². The molecule has 1 aliphatic rings. The summed E-state index contributed by atoms with van der Waals surface area (Å²) in [5.74, 6) is 0.639. The van der Waals surface area contributed by atoms with E-state index in [1.165, 1.54) is 16.3 Å². The van der Waals surface area contributed by atoms with Crippen LogP contribution in [-0.2, 0) is 6.54 Å². The maximum Gasteiger partial charge on any atom is 0.0543 e. The highest BCUT2D eigenvalue weighted by molar-refractivity contribution is 5.81. The van der Waals surface area contributed by atoms with Crippen molar-refractivity contribution in [1.82, 2.24) is 10.3 Å². The molecule has 3 nitrogen and oxygen atoms in total. The van der Waals surface area contributed by atoms with Crippen molar-refractivity contribution in [2.24, 2.45) is 5.92 Å². The Morgan fingerprint density at radius 3 is 3.00 bits per heavy atom. The molecule has 100 valence electrons. The SMILES string of the molecule is OC1CCC(CNCc2ccc3cnccc3c2)C1. The quantitative estimate of drug-likeness (QED) is 0.883. The van der Waals surface area contributed by atoms with Crippen molar-refractivity contribution in [3.63, 3.8) is 0 Å². The van der Waals surface area contributed by atoms with Crippen LogP contribution in [0.4, 0.5) is 0 Å². The number of hydrogen-bond acceptors (Lipinski definition) is 3. The summed E-state index contributed by atoms with van der Waals surface area (Å²) >= 11 is 0. The first-order chi connectivity index (χ1) is 9.31. The van der Waals surface area contributed by atoms with E-state index in [0.717, 1.165) is 32.4 Å². The minimum absolute atomic E-state index is 0.0695. The van der Waals surface area contributed by atoms with E-state index in [9.17, 15) is 5.11 Å². The molecule has 0 bridgehead atoms. The second-order valence-electron chi connectivity index (χ2n) is 5.52. The molecule has 2 aromatic rings. The van der Waals surface area contributed by atoms with Gasteiger partial charge >= 0.3 is 0 Å². The van der Waals surface area contributed by atoms with Gasteiger partial charge in [-0.3, -0.25) is 4.98 Å². The first kappa shape index (κ1) is 12.6. The highest BCUT2D eigenvalue weighted by Gasteiger charge is 2.21. The van der Waals surface area contributed by atoms with Crippen LogP contribution in [0.5, 0.6) is 0 Å². The Bertz CT molecular complexity index is 555. The average molecular weight is 256 g/mol. The Kier molecular flexibility index (Phi) is 3.76. The van der Waals surface area contributed by atoms with Gasteiger partial charge in [0.25, 0.3) is 0 Å². The van der Waals surface area contributed by atoms with Crippen LogP contribution in [-0.4, -0.2) is 22.7 Å². The first-order valence-electron chi connectivity index (χ1n) is 7.03. The second kappa shape index (κ2) is 5.68. The normalized spacial score (nSPS) is 23.0. The summed E-state index contributed by atoms with van der Waals surface area (Å²) in [5, 5.41) is 15.4. The molecule has 1 aromatic carbocycles. The van der Waals surface area contributed by atoms with E-state index in [1.807, 2.05) is 18.5 Å². The van der Waals surface area contributed by atoms with Crippen molar-refractivity contribution in [2.75, 3.05) is 6.54 Å². The molecule has 3 rings (SSSR count). The van der Waals surface area contributed by atoms with E-state index in [1.54, 1.807) is 0 Å². The lowest BCUT2D eigenvalue weighted by atomic mass is 10.1. The molecule has 1 aliphatic carbocycles. The van der Waals surface area contributed by atoms with Crippen LogP contribution < -0.4 is 5.32 Å². The van der Waals surface area contributed by atoms with Crippen LogP contribution in [0.25, 0.3) is 10.8 Å². The van der Waals surface area contributed by atoms with E-state index in [-0.39, 0.29) is 6.10 Å². The molecule has 2 unspecified atom stereocenters. The van der Waals surface area contributed by atoms with Crippen LogP contribution in [0.3, 0.4) is 0 Å². The van der Waals surface area contributed by atoms with Gasteiger partial charge in [-0.1, -0.05) is 12.1 Å². The summed E-state index contributed by atoms with van der Waals surface area (Å²) < 4.78 is 0. The van der Waals surface area contributed by atoms with E-state index < -0.39 is 0 Å². The minimum atomic E-state index is -0.0695. The molecule has 0 spiro atoms. The lowest BCUT2D eigenvalue weighted by Crippen LogP contribution is -2.21. The topological polar surface area (TPSA) is 45.1 Å². The largest absolute Gasteiger partial charge is 0.393 e. The van der Waals surface area contributed by atoms with Crippen LogP contribution >= 0.6 is 0 Å². The van der Waals surface area contributed by atoms with Crippen molar-refractivity contribution in [3.05, 3.63) is 42.2 Å². The zero-order chi connectivity index (χ0) is 13.1. The number of rotatable bonds is 4. The Hall–Kier alpha value is -1.45. The van der Waals surface area contributed by atoms with Crippen LogP contribution in [0.2, 0.25) is 0 Å². The van der Waals surface area contributed by atoms with Crippen molar-refractivity contribution in [2.45, 2.75) is 31.9 Å². The maximum absolute atomic E-state index is 9.50. The second-order valence-corrected chi connectivity index (χ2v) is 5.52. The van der Waals surface area contributed by atoms with E-state index in [2.05, 4.69) is 28.5 Å². The fourth-order valence-corrected chi connectivity index (χ4v) is 2.90. The van der Waals surface area contributed by atoms with Gasteiger partial charge in [-0.05, 0) is 54.8 Å². The minimum Gasteiger partial charge on any atom is -0.393 e. The number of fused-ring (bicyclic) bond motifs is 1. The molecule has 1 fully saturated rings. The summed E-state index contributed by atoms with van der Waals surface area (Å²) in [4.78, 5) is 4.12. The number of aromatic nitrogens is 1. The smallest absolute Gasteiger partial charge is 0.0543 e. The zero-order valence-corrected chi connectivity index (χ0v) is 11.0. The predicted molar refractivity (Wildman–Crippen MR) is 76.8 cm³/mol. The molecule has 0 aliphatic heterocycles. The van der Waals surface area contributed by atoms with Crippen molar-refractivity contribution in [1.29, 1.82) is 0 Å². The highest BCUT2D eigenvalue weighted by Crippen LogP contribution is 2.24. The molecule has 19 heavy (non-hydrogen) atoms. The lowest BCUT2D eigenvalue weighted by molar-refractivity contribution is 0.177. The third kappa shape index (κ3) is 3.11. The van der Waals surface area contributed by atoms with Crippen LogP contribution in [0.1, 0.15) is 24.8 Å². The third-order valence-corrected chi connectivity index (χ3v) is 3.98. The Labute approximate surface area is 113 Å². The molecule has 0 saturated heterocycles. The van der Waals surface area contributed by atoms with Crippen LogP contribution in [0.15, 0.2) is 36.7 Å². The zero-order valence-electron chi connectivity index (χ0n) is 11.0.